The monoisotopic (exact) mass is 356 g/mol. The van der Waals surface area contributed by atoms with Crippen LogP contribution < -0.4 is 0 Å². The smallest absolute Gasteiger partial charge is 0.410 e. The highest BCUT2D eigenvalue weighted by molar-refractivity contribution is 9.10. The Morgan fingerprint density at radius 1 is 1.52 bits per heavy atom. The zero-order valence-electron chi connectivity index (χ0n) is 12.6. The zero-order valence-corrected chi connectivity index (χ0v) is 14.2. The quantitative estimate of drug-likeness (QED) is 0.779. The summed E-state index contributed by atoms with van der Waals surface area (Å²) in [6.07, 6.45) is 2.38. The van der Waals surface area contributed by atoms with Crippen molar-refractivity contribution in [3.63, 3.8) is 0 Å². The second kappa shape index (κ2) is 6.75. The Morgan fingerprint density at radius 2 is 2.29 bits per heavy atom. The van der Waals surface area contributed by atoms with E-state index in [0.717, 1.165) is 16.6 Å². The van der Waals surface area contributed by atoms with Crippen LogP contribution in [0.15, 0.2) is 22.9 Å². The summed E-state index contributed by atoms with van der Waals surface area (Å²) < 4.78 is 12.0. The molecule has 21 heavy (non-hydrogen) atoms. The minimum atomic E-state index is -0.459. The van der Waals surface area contributed by atoms with Crippen LogP contribution in [0, 0.1) is 0 Å². The lowest BCUT2D eigenvalue weighted by atomic mass is 10.2. The predicted octanol–water partition coefficient (Wildman–Crippen LogP) is 3.37. The van der Waals surface area contributed by atoms with Crippen molar-refractivity contribution in [1.82, 2.24) is 9.88 Å². The van der Waals surface area contributed by atoms with Crippen molar-refractivity contribution in [2.24, 2.45) is 0 Å². The standard InChI is InChI=1S/C15H21BrN2O3/c1-15(2,3)21-14(19)18-7-5-12(9-18)20-10-11-4-6-17-13(16)8-11/h4,6,8,12H,5,7,9-10H2,1-3H3/t12-/m0/s1. The van der Waals surface area contributed by atoms with Crippen molar-refractivity contribution in [2.45, 2.75) is 45.5 Å². The zero-order chi connectivity index (χ0) is 15.5. The van der Waals surface area contributed by atoms with Crippen LogP contribution in [0.3, 0.4) is 0 Å². The van der Waals surface area contributed by atoms with E-state index in [1.807, 2.05) is 32.9 Å². The molecule has 2 heterocycles. The topological polar surface area (TPSA) is 51.7 Å². The number of rotatable bonds is 3. The number of hydrogen-bond donors (Lipinski definition) is 0. The van der Waals surface area contributed by atoms with Gasteiger partial charge in [-0.2, -0.15) is 0 Å². The highest BCUT2D eigenvalue weighted by Crippen LogP contribution is 2.18. The first-order chi connectivity index (χ1) is 9.83. The predicted molar refractivity (Wildman–Crippen MR) is 82.9 cm³/mol. The van der Waals surface area contributed by atoms with Gasteiger partial charge < -0.3 is 14.4 Å². The van der Waals surface area contributed by atoms with Crippen LogP contribution in [0.2, 0.25) is 0 Å². The van der Waals surface area contributed by atoms with Crippen molar-refractivity contribution >= 4 is 22.0 Å². The third-order valence-electron chi connectivity index (χ3n) is 3.07. The van der Waals surface area contributed by atoms with E-state index >= 15 is 0 Å². The molecule has 0 spiro atoms. The van der Waals surface area contributed by atoms with Gasteiger partial charge in [-0.25, -0.2) is 9.78 Å². The molecule has 116 valence electrons. The van der Waals surface area contributed by atoms with Gasteiger partial charge in [0.15, 0.2) is 0 Å². The summed E-state index contributed by atoms with van der Waals surface area (Å²) in [6, 6.07) is 3.85. The molecule has 0 unspecified atom stereocenters. The van der Waals surface area contributed by atoms with E-state index in [1.54, 1.807) is 11.1 Å². The second-order valence-corrected chi connectivity index (χ2v) is 6.95. The lowest BCUT2D eigenvalue weighted by molar-refractivity contribution is 0.0184. The molecule has 1 amide bonds. The van der Waals surface area contributed by atoms with Crippen molar-refractivity contribution in [1.29, 1.82) is 0 Å². The molecule has 6 heteroatoms. The molecular weight excluding hydrogens is 336 g/mol. The lowest BCUT2D eigenvalue weighted by Crippen LogP contribution is -2.36. The number of hydrogen-bond acceptors (Lipinski definition) is 4. The minimum Gasteiger partial charge on any atom is -0.444 e. The van der Waals surface area contributed by atoms with E-state index in [0.29, 0.717) is 19.7 Å². The van der Waals surface area contributed by atoms with Crippen LogP contribution >= 0.6 is 15.9 Å². The van der Waals surface area contributed by atoms with Crippen molar-refractivity contribution in [3.05, 3.63) is 28.5 Å². The fraction of sp³-hybridized carbons (Fsp3) is 0.600. The lowest BCUT2D eigenvalue weighted by Gasteiger charge is -2.24. The third-order valence-corrected chi connectivity index (χ3v) is 3.51. The Bertz CT molecular complexity index is 502. The first-order valence-corrected chi connectivity index (χ1v) is 7.83. The van der Waals surface area contributed by atoms with E-state index in [2.05, 4.69) is 20.9 Å². The highest BCUT2D eigenvalue weighted by Gasteiger charge is 2.30. The minimum absolute atomic E-state index is 0.0597. The molecule has 1 atom stereocenters. The van der Waals surface area contributed by atoms with Crippen LogP contribution in [-0.4, -0.2) is 40.8 Å². The number of carbonyl (C=O) groups excluding carboxylic acids is 1. The van der Waals surface area contributed by atoms with E-state index in [1.165, 1.54) is 0 Å². The van der Waals surface area contributed by atoms with Gasteiger partial charge in [-0.1, -0.05) is 0 Å². The number of halogens is 1. The van der Waals surface area contributed by atoms with Crippen LogP contribution in [0.25, 0.3) is 0 Å². The van der Waals surface area contributed by atoms with Crippen molar-refractivity contribution in [3.8, 4) is 0 Å². The van der Waals surface area contributed by atoms with E-state index in [-0.39, 0.29) is 12.2 Å². The number of ether oxygens (including phenoxy) is 2. The SMILES string of the molecule is CC(C)(C)OC(=O)N1CC[C@H](OCc2ccnc(Br)c2)C1. The number of aromatic nitrogens is 1. The van der Waals surface area contributed by atoms with Crippen molar-refractivity contribution in [2.75, 3.05) is 13.1 Å². The van der Waals surface area contributed by atoms with Gasteiger partial charge in [0.25, 0.3) is 0 Å². The van der Waals surface area contributed by atoms with Crippen LogP contribution in [0.4, 0.5) is 4.79 Å². The summed E-state index contributed by atoms with van der Waals surface area (Å²) >= 11 is 3.34. The Kier molecular flexibility index (Phi) is 5.22. The third kappa shape index (κ3) is 5.28. The summed E-state index contributed by atoms with van der Waals surface area (Å²) in [6.45, 7) is 7.40. The Labute approximate surface area is 133 Å². The van der Waals surface area contributed by atoms with Crippen molar-refractivity contribution < 1.29 is 14.3 Å². The Balaban J connectivity index is 1.79. The summed E-state index contributed by atoms with van der Waals surface area (Å²) in [5, 5.41) is 0. The molecule has 0 aliphatic carbocycles. The molecule has 0 aromatic carbocycles. The van der Waals surface area contributed by atoms with Gasteiger partial charge >= 0.3 is 6.09 Å². The maximum atomic E-state index is 12.0. The van der Waals surface area contributed by atoms with Crippen LogP contribution in [-0.2, 0) is 16.1 Å². The number of pyridine rings is 1. The molecule has 0 saturated carbocycles. The van der Waals surface area contributed by atoms with Gasteiger partial charge in [-0.05, 0) is 60.8 Å². The summed E-state index contributed by atoms with van der Waals surface area (Å²) in [5.41, 5.74) is 0.604. The Hall–Kier alpha value is -1.14. The number of amides is 1. The van der Waals surface area contributed by atoms with Gasteiger partial charge in [0.05, 0.1) is 19.3 Å². The maximum absolute atomic E-state index is 12.0. The van der Waals surface area contributed by atoms with Gasteiger partial charge in [0.2, 0.25) is 0 Å². The molecular formula is C15H21BrN2O3. The molecule has 1 fully saturated rings. The molecule has 0 bridgehead atoms. The summed E-state index contributed by atoms with van der Waals surface area (Å²) in [7, 11) is 0. The molecule has 0 radical (unpaired) electrons. The number of likely N-dealkylation sites (tertiary alicyclic amines) is 1. The normalized spacial score (nSPS) is 18.9. The molecule has 0 N–H and O–H groups in total. The molecule has 1 aliphatic rings. The largest absolute Gasteiger partial charge is 0.444 e. The summed E-state index contributed by atoms with van der Waals surface area (Å²) in [5.74, 6) is 0. The maximum Gasteiger partial charge on any atom is 0.410 e. The number of nitrogens with zero attached hydrogens (tertiary/aromatic N) is 2. The number of carbonyl (C=O) groups is 1. The fourth-order valence-electron chi connectivity index (χ4n) is 2.10. The first-order valence-electron chi connectivity index (χ1n) is 7.03. The van der Waals surface area contributed by atoms with Gasteiger partial charge in [0.1, 0.15) is 10.2 Å². The van der Waals surface area contributed by atoms with E-state index in [4.69, 9.17) is 9.47 Å². The molecule has 1 aromatic rings. The Morgan fingerprint density at radius 3 is 2.95 bits per heavy atom. The molecule has 1 saturated heterocycles. The average Bonchev–Trinajstić information content (AvgIpc) is 2.83. The molecule has 2 rings (SSSR count). The molecule has 1 aromatic heterocycles. The average molecular weight is 357 g/mol. The van der Waals surface area contributed by atoms with E-state index in [9.17, 15) is 4.79 Å². The fourth-order valence-corrected chi connectivity index (χ4v) is 2.52. The van der Waals surface area contributed by atoms with Crippen LogP contribution in [0.1, 0.15) is 32.8 Å². The van der Waals surface area contributed by atoms with Crippen LogP contribution in [0.5, 0.6) is 0 Å². The van der Waals surface area contributed by atoms with Gasteiger partial charge in [0, 0.05) is 12.7 Å². The molecule has 5 nitrogen and oxygen atoms in total. The highest BCUT2D eigenvalue weighted by atomic mass is 79.9. The summed E-state index contributed by atoms with van der Waals surface area (Å²) in [4.78, 5) is 17.7. The molecule has 1 aliphatic heterocycles. The van der Waals surface area contributed by atoms with Gasteiger partial charge in [-0.15, -0.1) is 0 Å². The first kappa shape index (κ1) is 16.2. The van der Waals surface area contributed by atoms with E-state index < -0.39 is 5.60 Å². The second-order valence-electron chi connectivity index (χ2n) is 6.13. The van der Waals surface area contributed by atoms with Gasteiger partial charge in [-0.3, -0.25) is 0 Å².